The summed E-state index contributed by atoms with van der Waals surface area (Å²) in [4.78, 5) is 39.0. The number of nitriles is 1. The minimum Gasteiger partial charge on any atom is -0.479 e. The molecule has 31 heavy (non-hydrogen) atoms. The molecule has 2 N–H and O–H groups in total. The number of nitrogens with one attached hydrogen (secondary N) is 2. The molecule has 4 amide bonds. The molecule has 166 valence electrons. The van der Waals surface area contributed by atoms with E-state index in [1.807, 2.05) is 6.07 Å². The van der Waals surface area contributed by atoms with Crippen LogP contribution in [0.25, 0.3) is 0 Å². The van der Waals surface area contributed by atoms with E-state index in [1.54, 1.807) is 24.3 Å². The highest BCUT2D eigenvalue weighted by atomic mass is 16.5. The van der Waals surface area contributed by atoms with Crippen LogP contribution in [0.5, 0.6) is 5.75 Å². The minimum absolute atomic E-state index is 0.0592. The van der Waals surface area contributed by atoms with Crippen LogP contribution in [0.2, 0.25) is 0 Å². The fraction of sp³-hybridized carbons (Fsp3) is 0.565. The lowest BCUT2D eigenvalue weighted by molar-refractivity contribution is -0.135. The number of imide groups is 1. The zero-order valence-corrected chi connectivity index (χ0v) is 18.4. The van der Waals surface area contributed by atoms with Gasteiger partial charge in [0.05, 0.1) is 0 Å². The van der Waals surface area contributed by atoms with E-state index < -0.39 is 17.5 Å². The lowest BCUT2D eigenvalue weighted by Crippen LogP contribution is -2.51. The molecule has 0 aromatic heterocycles. The predicted molar refractivity (Wildman–Crippen MR) is 115 cm³/mol. The van der Waals surface area contributed by atoms with Crippen LogP contribution in [-0.2, 0) is 9.59 Å². The van der Waals surface area contributed by atoms with Gasteiger partial charge < -0.3 is 15.4 Å². The van der Waals surface area contributed by atoms with Gasteiger partial charge >= 0.3 is 6.03 Å². The molecule has 1 aromatic rings. The molecule has 0 unspecified atom stereocenters. The van der Waals surface area contributed by atoms with Crippen LogP contribution >= 0.6 is 0 Å². The van der Waals surface area contributed by atoms with Gasteiger partial charge in [-0.25, -0.2) is 4.79 Å². The first kappa shape index (κ1) is 22.6. The average Bonchev–Trinajstić information content (AvgIpc) is 2.97. The lowest BCUT2D eigenvalue weighted by atomic mass is 9.65. The van der Waals surface area contributed by atoms with Crippen molar-refractivity contribution in [2.75, 3.05) is 18.5 Å². The molecule has 2 fully saturated rings. The zero-order chi connectivity index (χ0) is 22.6. The summed E-state index contributed by atoms with van der Waals surface area (Å²) in [5, 5.41) is 14.1. The lowest BCUT2D eigenvalue weighted by Gasteiger charge is -2.42. The summed E-state index contributed by atoms with van der Waals surface area (Å²) in [6, 6.07) is 7.90. The number of ether oxygens (including phenoxy) is 1. The summed E-state index contributed by atoms with van der Waals surface area (Å²) in [6.45, 7) is 6.30. The van der Waals surface area contributed by atoms with Crippen LogP contribution < -0.4 is 15.4 Å². The molecule has 1 saturated heterocycles. The Kier molecular flexibility index (Phi) is 6.54. The standard InChI is InChI=1S/C23H30N4O4/c1-4-22(2,3)16-9-11-23(12-10-16)20(29)27(21(30)26-23)15-19(28)25-17-5-7-18(8-6-17)31-14-13-24/h5-8,16H,4,9-12,14-15H2,1-3H3,(H,25,28)(H,26,30). The highest BCUT2D eigenvalue weighted by molar-refractivity contribution is 6.10. The highest BCUT2D eigenvalue weighted by Gasteiger charge is 2.53. The highest BCUT2D eigenvalue weighted by Crippen LogP contribution is 2.45. The van der Waals surface area contributed by atoms with Crippen LogP contribution in [0.15, 0.2) is 24.3 Å². The summed E-state index contributed by atoms with van der Waals surface area (Å²) in [5.41, 5.74) is -0.155. The van der Waals surface area contributed by atoms with E-state index in [9.17, 15) is 14.4 Å². The second-order valence-corrected chi connectivity index (χ2v) is 9.04. The first-order chi connectivity index (χ1) is 14.7. The van der Waals surface area contributed by atoms with Crippen LogP contribution in [0.3, 0.4) is 0 Å². The van der Waals surface area contributed by atoms with Crippen molar-refractivity contribution >= 4 is 23.5 Å². The van der Waals surface area contributed by atoms with Gasteiger partial charge in [-0.3, -0.25) is 14.5 Å². The number of hydrogen-bond acceptors (Lipinski definition) is 5. The normalized spacial score (nSPS) is 23.4. The molecule has 8 nitrogen and oxygen atoms in total. The summed E-state index contributed by atoms with van der Waals surface area (Å²) >= 11 is 0. The molecule has 1 aliphatic heterocycles. The smallest absolute Gasteiger partial charge is 0.325 e. The molecule has 2 aliphatic rings. The molecule has 0 bridgehead atoms. The van der Waals surface area contributed by atoms with Gasteiger partial charge in [0, 0.05) is 5.69 Å². The zero-order valence-electron chi connectivity index (χ0n) is 18.4. The third-order valence-electron chi connectivity index (χ3n) is 6.84. The number of nitrogens with zero attached hydrogens (tertiary/aromatic N) is 2. The molecule has 1 saturated carbocycles. The van der Waals surface area contributed by atoms with Gasteiger partial charge in [0.25, 0.3) is 5.91 Å². The number of anilines is 1. The maximum atomic E-state index is 13.1. The van der Waals surface area contributed by atoms with Crippen molar-refractivity contribution in [1.29, 1.82) is 5.26 Å². The molecule has 1 aromatic carbocycles. The van der Waals surface area contributed by atoms with Gasteiger partial charge in [-0.05, 0) is 61.3 Å². The van der Waals surface area contributed by atoms with Gasteiger partial charge in [-0.2, -0.15) is 5.26 Å². The van der Waals surface area contributed by atoms with Crippen LogP contribution in [-0.4, -0.2) is 41.4 Å². The van der Waals surface area contributed by atoms with Crippen molar-refractivity contribution in [2.45, 2.75) is 58.4 Å². The second-order valence-electron chi connectivity index (χ2n) is 9.04. The fourth-order valence-electron chi connectivity index (χ4n) is 4.43. The average molecular weight is 427 g/mol. The quantitative estimate of drug-likeness (QED) is 0.649. The summed E-state index contributed by atoms with van der Waals surface area (Å²) < 4.78 is 5.17. The monoisotopic (exact) mass is 426 g/mol. The number of amides is 4. The van der Waals surface area contributed by atoms with Gasteiger partial charge in [-0.15, -0.1) is 0 Å². The number of carbonyl (C=O) groups excluding carboxylic acids is 3. The minimum atomic E-state index is -0.878. The van der Waals surface area contributed by atoms with E-state index in [1.165, 1.54) is 0 Å². The summed E-state index contributed by atoms with van der Waals surface area (Å²) in [7, 11) is 0. The Hall–Kier alpha value is -3.08. The third-order valence-corrected chi connectivity index (χ3v) is 6.84. The maximum absolute atomic E-state index is 13.1. The SMILES string of the molecule is CCC(C)(C)C1CCC2(CC1)NC(=O)N(CC(=O)Nc1ccc(OCC#N)cc1)C2=O. The van der Waals surface area contributed by atoms with E-state index in [4.69, 9.17) is 10.00 Å². The Morgan fingerprint density at radius 2 is 1.94 bits per heavy atom. The largest absolute Gasteiger partial charge is 0.479 e. The van der Waals surface area contributed by atoms with Crippen LogP contribution in [0, 0.1) is 22.7 Å². The Balaban J connectivity index is 1.58. The van der Waals surface area contributed by atoms with Crippen LogP contribution in [0.1, 0.15) is 52.9 Å². The molecule has 1 spiro atoms. The molecule has 3 rings (SSSR count). The topological polar surface area (TPSA) is 112 Å². The van der Waals surface area contributed by atoms with Crippen molar-refractivity contribution in [3.05, 3.63) is 24.3 Å². The molecule has 8 heteroatoms. The van der Waals surface area contributed by atoms with E-state index in [0.29, 0.717) is 30.2 Å². The van der Waals surface area contributed by atoms with Crippen molar-refractivity contribution in [2.24, 2.45) is 11.3 Å². The van der Waals surface area contributed by atoms with Crippen molar-refractivity contribution in [1.82, 2.24) is 10.2 Å². The van der Waals surface area contributed by atoms with E-state index in [0.717, 1.165) is 24.2 Å². The van der Waals surface area contributed by atoms with Gasteiger partial charge in [0.1, 0.15) is 23.9 Å². The number of carbonyl (C=O) groups is 3. The number of benzene rings is 1. The first-order valence-corrected chi connectivity index (χ1v) is 10.7. The first-order valence-electron chi connectivity index (χ1n) is 10.7. The van der Waals surface area contributed by atoms with Crippen molar-refractivity contribution in [3.8, 4) is 11.8 Å². The molecular formula is C23H30N4O4. The van der Waals surface area contributed by atoms with E-state index >= 15 is 0 Å². The summed E-state index contributed by atoms with van der Waals surface area (Å²) in [6.07, 6.45) is 4.05. The van der Waals surface area contributed by atoms with Gasteiger partial charge in [0.15, 0.2) is 6.61 Å². The van der Waals surface area contributed by atoms with Crippen LogP contribution in [0.4, 0.5) is 10.5 Å². The third kappa shape index (κ3) is 4.82. The Bertz CT molecular complexity index is 880. The van der Waals surface area contributed by atoms with Gasteiger partial charge in [-0.1, -0.05) is 27.2 Å². The molecule has 0 atom stereocenters. The second kappa shape index (κ2) is 8.96. The van der Waals surface area contributed by atoms with Crippen molar-refractivity contribution < 1.29 is 19.1 Å². The maximum Gasteiger partial charge on any atom is 0.325 e. The summed E-state index contributed by atoms with van der Waals surface area (Å²) in [5.74, 6) is 0.274. The Morgan fingerprint density at radius 3 is 2.52 bits per heavy atom. The fourth-order valence-corrected chi connectivity index (χ4v) is 4.43. The molecule has 0 radical (unpaired) electrons. The number of urea groups is 1. The molecule has 1 aliphatic carbocycles. The predicted octanol–water partition coefficient (Wildman–Crippen LogP) is 3.44. The molecule has 1 heterocycles. The van der Waals surface area contributed by atoms with Crippen molar-refractivity contribution in [3.63, 3.8) is 0 Å². The number of hydrogen-bond donors (Lipinski definition) is 2. The molecular weight excluding hydrogens is 396 g/mol. The van der Waals surface area contributed by atoms with E-state index in [2.05, 4.69) is 31.4 Å². The Morgan fingerprint density at radius 1 is 1.29 bits per heavy atom. The van der Waals surface area contributed by atoms with Gasteiger partial charge in [0.2, 0.25) is 5.91 Å². The number of rotatable bonds is 7. The Labute approximate surface area is 182 Å². The van der Waals surface area contributed by atoms with E-state index in [-0.39, 0.29) is 24.5 Å².